The third-order valence-corrected chi connectivity index (χ3v) is 6.70. The van der Waals surface area contributed by atoms with Gasteiger partial charge in [0.1, 0.15) is 0 Å². The van der Waals surface area contributed by atoms with Gasteiger partial charge >= 0.3 is 11.9 Å². The van der Waals surface area contributed by atoms with E-state index in [0.29, 0.717) is 0 Å². The molecule has 0 fully saturated rings. The van der Waals surface area contributed by atoms with Gasteiger partial charge in [-0.25, -0.2) is 14.6 Å². The third-order valence-electron chi connectivity index (χ3n) is 5.84. The number of hydrogen-bond donors (Lipinski definition) is 2. The molecule has 2 aromatic heterocycles. The summed E-state index contributed by atoms with van der Waals surface area (Å²) in [7, 11) is 0. The normalized spacial score (nSPS) is 11.4. The molecule has 0 amide bonds. The molecule has 0 unspecified atom stereocenters. The van der Waals surface area contributed by atoms with Gasteiger partial charge in [-0.05, 0) is 46.9 Å². The van der Waals surface area contributed by atoms with Gasteiger partial charge in [0.2, 0.25) is 0 Å². The van der Waals surface area contributed by atoms with Crippen molar-refractivity contribution in [1.82, 2.24) is 9.55 Å². The summed E-state index contributed by atoms with van der Waals surface area (Å²) >= 11 is 1.61. The molecule has 0 saturated heterocycles. The molecule has 0 saturated carbocycles. The van der Waals surface area contributed by atoms with Crippen LogP contribution in [0.4, 0.5) is 0 Å². The van der Waals surface area contributed by atoms with E-state index in [1.807, 2.05) is 96.4 Å². The van der Waals surface area contributed by atoms with Crippen molar-refractivity contribution >= 4 is 35.4 Å². The zero-order valence-electron chi connectivity index (χ0n) is 20.1. The summed E-state index contributed by atoms with van der Waals surface area (Å²) in [4.78, 5) is 28.0. The lowest BCUT2D eigenvalue weighted by Crippen LogP contribution is -1.99. The second-order valence-corrected chi connectivity index (χ2v) is 9.32. The summed E-state index contributed by atoms with van der Waals surface area (Å²) in [6, 6.07) is 29.3. The summed E-state index contributed by atoms with van der Waals surface area (Å²) in [5.41, 5.74) is 5.98. The molecule has 6 nitrogen and oxygen atoms in total. The number of imidazole rings is 1. The van der Waals surface area contributed by atoms with Crippen molar-refractivity contribution in [3.63, 3.8) is 0 Å². The molecular formula is C31H22N2O4S. The molecular weight excluding hydrogens is 496 g/mol. The molecule has 2 heterocycles. The van der Waals surface area contributed by atoms with Crippen LogP contribution in [-0.2, 0) is 9.59 Å². The maximum atomic E-state index is 10.9. The van der Waals surface area contributed by atoms with Crippen LogP contribution in [0.5, 0.6) is 0 Å². The Labute approximate surface area is 223 Å². The zero-order chi connectivity index (χ0) is 26.5. The highest BCUT2D eigenvalue weighted by molar-refractivity contribution is 7.13. The molecule has 5 aromatic rings. The molecule has 7 heteroatoms. The summed E-state index contributed by atoms with van der Waals surface area (Å²) in [5.74, 6) is -1.19. The van der Waals surface area contributed by atoms with Gasteiger partial charge in [-0.2, -0.15) is 0 Å². The molecule has 186 valence electrons. The topological polar surface area (TPSA) is 92.4 Å². The quantitative estimate of drug-likeness (QED) is 0.213. The van der Waals surface area contributed by atoms with Crippen molar-refractivity contribution in [2.45, 2.75) is 0 Å². The van der Waals surface area contributed by atoms with Crippen molar-refractivity contribution in [3.05, 3.63) is 120 Å². The standard InChI is InChI=1S/C31H22N2O4S/c34-27(35)18-12-21-8-14-23(15-9-21)29-30(24-16-10-22(11-17-24)13-19-28(36)37)33(25-5-2-1-3-6-25)31(32-29)26-7-4-20-38-26/h1-20H,(H,34,35)(H,36,37). The predicted octanol–water partition coefficient (Wildman–Crippen LogP) is 7.13. The van der Waals surface area contributed by atoms with E-state index < -0.39 is 11.9 Å². The molecule has 0 aliphatic carbocycles. The fourth-order valence-electron chi connectivity index (χ4n) is 4.13. The molecule has 2 N–H and O–H groups in total. The van der Waals surface area contributed by atoms with Gasteiger partial charge in [0, 0.05) is 29.0 Å². The van der Waals surface area contributed by atoms with Crippen LogP contribution in [0.1, 0.15) is 11.1 Å². The fraction of sp³-hybridized carbons (Fsp3) is 0. The summed E-state index contributed by atoms with van der Waals surface area (Å²) in [6.45, 7) is 0. The Morgan fingerprint density at radius 2 is 1.29 bits per heavy atom. The first-order chi connectivity index (χ1) is 18.5. The Kier molecular flexibility index (Phi) is 7.10. The van der Waals surface area contributed by atoms with Crippen molar-refractivity contribution < 1.29 is 19.8 Å². The lowest BCUT2D eigenvalue weighted by Gasteiger charge is -2.13. The first kappa shape index (κ1) is 24.7. The largest absolute Gasteiger partial charge is 0.478 e. The molecule has 0 atom stereocenters. The van der Waals surface area contributed by atoms with Gasteiger partial charge in [0.25, 0.3) is 0 Å². The smallest absolute Gasteiger partial charge is 0.328 e. The van der Waals surface area contributed by atoms with E-state index in [4.69, 9.17) is 15.2 Å². The lowest BCUT2D eigenvalue weighted by atomic mass is 10.0. The number of aliphatic carboxylic acids is 2. The van der Waals surface area contributed by atoms with E-state index in [9.17, 15) is 9.59 Å². The Morgan fingerprint density at radius 3 is 1.82 bits per heavy atom. The average molecular weight is 519 g/mol. The average Bonchev–Trinajstić information content (AvgIpc) is 3.60. The number of para-hydroxylation sites is 1. The Bertz CT molecular complexity index is 1630. The molecule has 0 radical (unpaired) electrons. The minimum Gasteiger partial charge on any atom is -0.478 e. The van der Waals surface area contributed by atoms with Gasteiger partial charge < -0.3 is 10.2 Å². The Morgan fingerprint density at radius 1 is 0.711 bits per heavy atom. The minimum atomic E-state index is -1.000. The number of nitrogens with zero attached hydrogens (tertiary/aromatic N) is 2. The molecule has 0 spiro atoms. The zero-order valence-corrected chi connectivity index (χ0v) is 20.9. The van der Waals surface area contributed by atoms with E-state index in [1.165, 1.54) is 0 Å². The van der Waals surface area contributed by atoms with Crippen molar-refractivity contribution in [2.24, 2.45) is 0 Å². The number of aromatic nitrogens is 2. The maximum absolute atomic E-state index is 10.9. The van der Waals surface area contributed by atoms with Gasteiger partial charge in [0.15, 0.2) is 5.82 Å². The van der Waals surface area contributed by atoms with E-state index in [0.717, 1.165) is 62.2 Å². The molecule has 5 rings (SSSR count). The number of carboxylic acids is 2. The van der Waals surface area contributed by atoms with E-state index in [2.05, 4.69) is 4.57 Å². The Hall–Kier alpha value is -5.01. The van der Waals surface area contributed by atoms with Crippen LogP contribution in [0.25, 0.3) is 51.1 Å². The highest BCUT2D eigenvalue weighted by atomic mass is 32.1. The van der Waals surface area contributed by atoms with Crippen LogP contribution >= 0.6 is 11.3 Å². The number of carboxylic acid groups (broad SMARTS) is 2. The van der Waals surface area contributed by atoms with Crippen molar-refractivity contribution in [2.75, 3.05) is 0 Å². The number of rotatable bonds is 8. The minimum absolute atomic E-state index is 0.772. The van der Waals surface area contributed by atoms with Crippen LogP contribution in [0.2, 0.25) is 0 Å². The maximum Gasteiger partial charge on any atom is 0.328 e. The van der Waals surface area contributed by atoms with Gasteiger partial charge in [-0.1, -0.05) is 72.8 Å². The molecule has 38 heavy (non-hydrogen) atoms. The Balaban J connectivity index is 1.72. The van der Waals surface area contributed by atoms with Crippen LogP contribution in [0, 0.1) is 0 Å². The highest BCUT2D eigenvalue weighted by Crippen LogP contribution is 2.39. The number of thiophene rings is 1. The summed E-state index contributed by atoms with van der Waals surface area (Å²) < 4.78 is 2.14. The van der Waals surface area contributed by atoms with Crippen LogP contribution in [-0.4, -0.2) is 31.7 Å². The first-order valence-corrected chi connectivity index (χ1v) is 12.6. The van der Waals surface area contributed by atoms with Crippen LogP contribution in [0.3, 0.4) is 0 Å². The third kappa shape index (κ3) is 5.38. The van der Waals surface area contributed by atoms with E-state index in [-0.39, 0.29) is 0 Å². The van der Waals surface area contributed by atoms with Crippen LogP contribution in [0.15, 0.2) is 109 Å². The highest BCUT2D eigenvalue weighted by Gasteiger charge is 2.22. The molecule has 0 aliphatic rings. The first-order valence-electron chi connectivity index (χ1n) is 11.7. The van der Waals surface area contributed by atoms with Gasteiger partial charge in [-0.3, -0.25) is 4.57 Å². The monoisotopic (exact) mass is 518 g/mol. The van der Waals surface area contributed by atoms with E-state index >= 15 is 0 Å². The summed E-state index contributed by atoms with van der Waals surface area (Å²) in [5, 5.41) is 19.9. The van der Waals surface area contributed by atoms with Crippen LogP contribution < -0.4 is 0 Å². The fourth-order valence-corrected chi connectivity index (χ4v) is 4.83. The molecule has 0 aliphatic heterocycles. The molecule has 0 bridgehead atoms. The SMILES string of the molecule is O=C(O)C=Cc1ccc(-c2nc(-c3cccs3)n(-c3ccccc3)c2-c2ccc(C=CC(=O)O)cc2)cc1. The number of carbonyl (C=O) groups is 2. The van der Waals surface area contributed by atoms with Crippen molar-refractivity contribution in [3.8, 4) is 38.9 Å². The second-order valence-electron chi connectivity index (χ2n) is 8.37. The predicted molar refractivity (Wildman–Crippen MR) is 151 cm³/mol. The number of hydrogen-bond acceptors (Lipinski definition) is 4. The van der Waals surface area contributed by atoms with Gasteiger partial charge in [-0.15, -0.1) is 11.3 Å². The molecule has 3 aromatic carbocycles. The second kappa shape index (κ2) is 10.9. The van der Waals surface area contributed by atoms with Gasteiger partial charge in [0.05, 0.1) is 16.3 Å². The van der Waals surface area contributed by atoms with E-state index in [1.54, 1.807) is 23.5 Å². The summed E-state index contributed by atoms with van der Waals surface area (Å²) in [6.07, 6.45) is 5.34. The van der Waals surface area contributed by atoms with Crippen molar-refractivity contribution in [1.29, 1.82) is 0 Å². The lowest BCUT2D eigenvalue weighted by molar-refractivity contribution is -0.132. The number of benzene rings is 3.